The zero-order valence-electron chi connectivity index (χ0n) is 11.7. The first-order chi connectivity index (χ1) is 9.34. The summed E-state index contributed by atoms with van der Waals surface area (Å²) in [6, 6.07) is 10.8. The molecule has 1 heterocycles. The third-order valence-electron chi connectivity index (χ3n) is 4.95. The molecule has 0 amide bonds. The van der Waals surface area contributed by atoms with Crippen LogP contribution in [0.5, 0.6) is 0 Å². The van der Waals surface area contributed by atoms with Gasteiger partial charge in [-0.2, -0.15) is 0 Å². The summed E-state index contributed by atoms with van der Waals surface area (Å²) in [4.78, 5) is 2.55. The molecule has 0 bridgehead atoms. The highest BCUT2D eigenvalue weighted by atomic mass is 16.3. The summed E-state index contributed by atoms with van der Waals surface area (Å²) in [6.07, 6.45) is 7.95. The minimum Gasteiger partial charge on any atom is -0.387 e. The Morgan fingerprint density at radius 3 is 2.53 bits per heavy atom. The fourth-order valence-electron chi connectivity index (χ4n) is 3.96. The number of β-amino-alcohol motifs (C(OH)–C–C–N with tert-alkyl or cyclic N) is 1. The van der Waals surface area contributed by atoms with Crippen molar-refractivity contribution in [2.45, 2.75) is 50.7 Å². The summed E-state index contributed by atoms with van der Waals surface area (Å²) in [6.45, 7) is 1.98. The van der Waals surface area contributed by atoms with Crippen molar-refractivity contribution < 1.29 is 5.11 Å². The minimum atomic E-state index is -0.330. The van der Waals surface area contributed by atoms with Gasteiger partial charge < -0.3 is 5.11 Å². The van der Waals surface area contributed by atoms with Crippen molar-refractivity contribution in [1.82, 2.24) is 4.90 Å². The average molecular weight is 259 g/mol. The molecule has 1 aromatic carbocycles. The Hall–Kier alpha value is -0.860. The fraction of sp³-hybridized carbons (Fsp3) is 0.647. The largest absolute Gasteiger partial charge is 0.387 e. The van der Waals surface area contributed by atoms with E-state index >= 15 is 0 Å². The van der Waals surface area contributed by atoms with Crippen LogP contribution in [0.15, 0.2) is 30.3 Å². The molecule has 2 unspecified atom stereocenters. The number of aliphatic hydroxyl groups is 1. The maximum Gasteiger partial charge on any atom is 0.0917 e. The molecule has 1 N–H and O–H groups in total. The normalized spacial score (nSPS) is 26.9. The van der Waals surface area contributed by atoms with Crippen molar-refractivity contribution in [2.75, 3.05) is 13.1 Å². The quantitative estimate of drug-likeness (QED) is 0.896. The lowest BCUT2D eigenvalue weighted by atomic mass is 9.95. The van der Waals surface area contributed by atoms with Gasteiger partial charge in [-0.15, -0.1) is 0 Å². The maximum absolute atomic E-state index is 10.4. The van der Waals surface area contributed by atoms with Crippen LogP contribution in [0.4, 0.5) is 0 Å². The van der Waals surface area contributed by atoms with Crippen molar-refractivity contribution >= 4 is 0 Å². The highest BCUT2D eigenvalue weighted by molar-refractivity contribution is 5.17. The van der Waals surface area contributed by atoms with E-state index in [4.69, 9.17) is 0 Å². The lowest BCUT2D eigenvalue weighted by Gasteiger charge is -2.31. The Morgan fingerprint density at radius 1 is 1.05 bits per heavy atom. The van der Waals surface area contributed by atoms with Crippen LogP contribution in [0, 0.1) is 5.92 Å². The maximum atomic E-state index is 10.4. The lowest BCUT2D eigenvalue weighted by molar-refractivity contribution is 0.0894. The highest BCUT2D eigenvalue weighted by Crippen LogP contribution is 2.36. The van der Waals surface area contributed by atoms with E-state index in [0.717, 1.165) is 24.1 Å². The molecule has 1 aliphatic heterocycles. The molecule has 19 heavy (non-hydrogen) atoms. The van der Waals surface area contributed by atoms with Crippen LogP contribution in [0.25, 0.3) is 0 Å². The molecule has 2 fully saturated rings. The van der Waals surface area contributed by atoms with Crippen molar-refractivity contribution in [2.24, 2.45) is 5.92 Å². The molecule has 1 saturated heterocycles. The van der Waals surface area contributed by atoms with Gasteiger partial charge in [0, 0.05) is 12.6 Å². The zero-order chi connectivity index (χ0) is 13.1. The third kappa shape index (κ3) is 3.01. The lowest BCUT2D eigenvalue weighted by Crippen LogP contribution is -2.37. The second-order valence-corrected chi connectivity index (χ2v) is 6.18. The number of aliphatic hydroxyl groups excluding tert-OH is 1. The first-order valence-electron chi connectivity index (χ1n) is 7.81. The van der Waals surface area contributed by atoms with Crippen molar-refractivity contribution in [1.29, 1.82) is 0 Å². The molecule has 3 rings (SSSR count). The van der Waals surface area contributed by atoms with Gasteiger partial charge in [-0.25, -0.2) is 0 Å². The van der Waals surface area contributed by atoms with Gasteiger partial charge >= 0.3 is 0 Å². The molecule has 0 aromatic heterocycles. The van der Waals surface area contributed by atoms with Crippen LogP contribution < -0.4 is 0 Å². The molecule has 2 heteroatoms. The van der Waals surface area contributed by atoms with E-state index in [9.17, 15) is 5.11 Å². The van der Waals surface area contributed by atoms with E-state index in [2.05, 4.69) is 4.90 Å². The second-order valence-electron chi connectivity index (χ2n) is 6.18. The van der Waals surface area contributed by atoms with Gasteiger partial charge in [0.2, 0.25) is 0 Å². The van der Waals surface area contributed by atoms with Crippen molar-refractivity contribution in [3.63, 3.8) is 0 Å². The van der Waals surface area contributed by atoms with Gasteiger partial charge in [0.1, 0.15) is 0 Å². The van der Waals surface area contributed by atoms with Crippen LogP contribution >= 0.6 is 0 Å². The Bertz CT molecular complexity index is 386. The van der Waals surface area contributed by atoms with E-state index in [1.54, 1.807) is 0 Å². The number of likely N-dealkylation sites (tertiary alicyclic amines) is 1. The number of rotatable bonds is 4. The first kappa shape index (κ1) is 13.1. The third-order valence-corrected chi connectivity index (χ3v) is 4.95. The molecule has 0 radical (unpaired) electrons. The summed E-state index contributed by atoms with van der Waals surface area (Å²) in [5.74, 6) is 0.894. The highest BCUT2D eigenvalue weighted by Gasteiger charge is 2.33. The summed E-state index contributed by atoms with van der Waals surface area (Å²) in [7, 11) is 0. The Kier molecular flexibility index (Phi) is 4.19. The molecular weight excluding hydrogens is 234 g/mol. The van der Waals surface area contributed by atoms with E-state index in [1.807, 2.05) is 30.3 Å². The number of hydrogen-bond acceptors (Lipinski definition) is 2. The Balaban J connectivity index is 1.62. The zero-order valence-corrected chi connectivity index (χ0v) is 11.7. The standard InChI is InChI=1S/C17H25NO/c19-17(15-9-2-1-3-10-15)13-18-12-6-11-16(18)14-7-4-5-8-14/h1-3,9-10,14,16-17,19H,4-8,11-13H2. The van der Waals surface area contributed by atoms with Crippen LogP contribution in [-0.2, 0) is 0 Å². The Labute approximate surface area is 116 Å². The van der Waals surface area contributed by atoms with Gasteiger partial charge in [-0.3, -0.25) is 4.90 Å². The molecular formula is C17H25NO. The summed E-state index contributed by atoms with van der Waals surface area (Å²) in [5, 5.41) is 10.4. The predicted octanol–water partition coefficient (Wildman–Crippen LogP) is 3.37. The monoisotopic (exact) mass is 259 g/mol. The first-order valence-corrected chi connectivity index (χ1v) is 7.81. The van der Waals surface area contributed by atoms with Crippen LogP contribution in [-0.4, -0.2) is 29.1 Å². The molecule has 2 aliphatic rings. The summed E-state index contributed by atoms with van der Waals surface area (Å²) in [5.41, 5.74) is 1.06. The van der Waals surface area contributed by atoms with Gasteiger partial charge in [0.25, 0.3) is 0 Å². The summed E-state index contributed by atoms with van der Waals surface area (Å²) < 4.78 is 0. The molecule has 104 valence electrons. The van der Waals surface area contributed by atoms with Gasteiger partial charge in [-0.05, 0) is 43.7 Å². The van der Waals surface area contributed by atoms with Crippen LogP contribution in [0.1, 0.15) is 50.2 Å². The SMILES string of the molecule is OC(CN1CCCC1C1CCCC1)c1ccccc1. The number of hydrogen-bond donors (Lipinski definition) is 1. The van der Waals surface area contributed by atoms with E-state index in [-0.39, 0.29) is 6.10 Å². The molecule has 2 atom stereocenters. The van der Waals surface area contributed by atoms with Crippen LogP contribution in [0.3, 0.4) is 0 Å². The van der Waals surface area contributed by atoms with Crippen LogP contribution in [0.2, 0.25) is 0 Å². The number of benzene rings is 1. The predicted molar refractivity (Wildman–Crippen MR) is 78.0 cm³/mol. The van der Waals surface area contributed by atoms with E-state index in [1.165, 1.54) is 45.1 Å². The van der Waals surface area contributed by atoms with Gasteiger partial charge in [-0.1, -0.05) is 43.2 Å². The fourth-order valence-corrected chi connectivity index (χ4v) is 3.96. The topological polar surface area (TPSA) is 23.5 Å². The van der Waals surface area contributed by atoms with Crippen molar-refractivity contribution in [3.8, 4) is 0 Å². The van der Waals surface area contributed by atoms with Crippen molar-refractivity contribution in [3.05, 3.63) is 35.9 Å². The van der Waals surface area contributed by atoms with E-state index in [0.29, 0.717) is 0 Å². The summed E-state index contributed by atoms with van der Waals surface area (Å²) >= 11 is 0. The molecule has 1 aromatic rings. The molecule has 2 nitrogen and oxygen atoms in total. The van der Waals surface area contributed by atoms with Gasteiger partial charge in [0.15, 0.2) is 0 Å². The average Bonchev–Trinajstić information content (AvgIpc) is 3.10. The minimum absolute atomic E-state index is 0.330. The second kappa shape index (κ2) is 6.06. The number of nitrogens with zero attached hydrogens (tertiary/aromatic N) is 1. The van der Waals surface area contributed by atoms with Gasteiger partial charge in [0.05, 0.1) is 6.10 Å². The van der Waals surface area contributed by atoms with E-state index < -0.39 is 0 Å². The smallest absolute Gasteiger partial charge is 0.0917 e. The molecule has 1 saturated carbocycles. The Morgan fingerprint density at radius 2 is 1.79 bits per heavy atom. The molecule has 0 spiro atoms. The molecule has 1 aliphatic carbocycles.